The standard InChI is InChI=1S/C17H25NO7/c1-3-7-18-10-8-9(4-2)5-6-11(10)24-17-14(21)12(19)13(20)15(25-17)16(22)23/h5-6,8,12-15,17-21H,3-4,7H2,1-2H3,(H,22,23)/t12-,13-,14+,15-,17+/m0/s1. The molecular weight excluding hydrogens is 330 g/mol. The van der Waals surface area contributed by atoms with Crippen LogP contribution in [0.1, 0.15) is 25.8 Å². The Labute approximate surface area is 146 Å². The highest BCUT2D eigenvalue weighted by molar-refractivity contribution is 5.73. The molecule has 8 heteroatoms. The van der Waals surface area contributed by atoms with Crippen LogP contribution in [0.15, 0.2) is 18.2 Å². The molecule has 1 aromatic rings. The van der Waals surface area contributed by atoms with Crippen LogP contribution in [-0.4, -0.2) is 63.6 Å². The summed E-state index contributed by atoms with van der Waals surface area (Å²) in [7, 11) is 0. The summed E-state index contributed by atoms with van der Waals surface area (Å²) in [5.74, 6) is -1.08. The highest BCUT2D eigenvalue weighted by Crippen LogP contribution is 2.30. The van der Waals surface area contributed by atoms with Gasteiger partial charge in [0.2, 0.25) is 6.29 Å². The molecule has 0 unspecified atom stereocenters. The fourth-order valence-corrected chi connectivity index (χ4v) is 2.57. The molecule has 1 aromatic carbocycles. The number of aliphatic carboxylic acids is 1. The number of carboxylic acid groups (broad SMARTS) is 1. The predicted octanol–water partition coefficient (Wildman–Crippen LogP) is 0.342. The van der Waals surface area contributed by atoms with Crippen molar-refractivity contribution in [2.24, 2.45) is 0 Å². The second-order valence-corrected chi connectivity index (χ2v) is 5.96. The quantitative estimate of drug-likeness (QED) is 0.474. The van der Waals surface area contributed by atoms with Crippen molar-refractivity contribution in [3.8, 4) is 5.75 Å². The lowest BCUT2D eigenvalue weighted by Gasteiger charge is -2.38. The summed E-state index contributed by atoms with van der Waals surface area (Å²) in [4.78, 5) is 11.2. The van der Waals surface area contributed by atoms with Crippen molar-refractivity contribution in [3.63, 3.8) is 0 Å². The number of rotatable bonds is 7. The van der Waals surface area contributed by atoms with Crippen LogP contribution in [0, 0.1) is 0 Å². The minimum atomic E-state index is -1.74. The normalized spacial score (nSPS) is 29.2. The molecule has 1 heterocycles. The highest BCUT2D eigenvalue weighted by atomic mass is 16.7. The van der Waals surface area contributed by atoms with Crippen molar-refractivity contribution in [2.45, 2.75) is 57.4 Å². The predicted molar refractivity (Wildman–Crippen MR) is 89.5 cm³/mol. The van der Waals surface area contributed by atoms with Gasteiger partial charge in [-0.25, -0.2) is 4.79 Å². The molecular formula is C17H25NO7. The van der Waals surface area contributed by atoms with Gasteiger partial charge in [0.05, 0.1) is 5.69 Å². The number of aryl methyl sites for hydroxylation is 1. The van der Waals surface area contributed by atoms with Gasteiger partial charge >= 0.3 is 5.97 Å². The maximum Gasteiger partial charge on any atom is 0.335 e. The zero-order valence-corrected chi connectivity index (χ0v) is 14.3. The first-order valence-electron chi connectivity index (χ1n) is 8.34. The van der Waals surface area contributed by atoms with E-state index in [1.165, 1.54) is 0 Å². The van der Waals surface area contributed by atoms with Crippen LogP contribution in [-0.2, 0) is 16.0 Å². The molecule has 2 rings (SSSR count). The van der Waals surface area contributed by atoms with Crippen molar-refractivity contribution in [1.82, 2.24) is 0 Å². The van der Waals surface area contributed by atoms with Crippen molar-refractivity contribution < 1.29 is 34.7 Å². The van der Waals surface area contributed by atoms with E-state index in [9.17, 15) is 20.1 Å². The molecule has 0 saturated carbocycles. The first-order chi connectivity index (χ1) is 11.9. The van der Waals surface area contributed by atoms with E-state index in [-0.39, 0.29) is 0 Å². The molecule has 140 valence electrons. The van der Waals surface area contributed by atoms with Crippen LogP contribution in [0.5, 0.6) is 5.75 Å². The third-order valence-electron chi connectivity index (χ3n) is 4.07. The Kier molecular flexibility index (Phi) is 6.60. The second-order valence-electron chi connectivity index (χ2n) is 5.96. The molecule has 8 nitrogen and oxygen atoms in total. The largest absolute Gasteiger partial charge is 0.479 e. The average molecular weight is 355 g/mol. The van der Waals surface area contributed by atoms with Gasteiger partial charge in [0.15, 0.2) is 6.10 Å². The van der Waals surface area contributed by atoms with Gasteiger partial charge in [-0.2, -0.15) is 0 Å². The Balaban J connectivity index is 2.23. The van der Waals surface area contributed by atoms with Crippen molar-refractivity contribution in [1.29, 1.82) is 0 Å². The summed E-state index contributed by atoms with van der Waals surface area (Å²) in [6, 6.07) is 5.45. The lowest BCUT2D eigenvalue weighted by molar-refractivity contribution is -0.271. The van der Waals surface area contributed by atoms with E-state index >= 15 is 0 Å². The van der Waals surface area contributed by atoms with Gasteiger partial charge in [-0.15, -0.1) is 0 Å². The number of carbonyl (C=O) groups is 1. The second kappa shape index (κ2) is 8.48. The Hall–Kier alpha value is -1.87. The van der Waals surface area contributed by atoms with Crippen molar-refractivity contribution in [3.05, 3.63) is 23.8 Å². The minimum absolute atomic E-state index is 0.363. The van der Waals surface area contributed by atoms with Crippen molar-refractivity contribution >= 4 is 11.7 Å². The van der Waals surface area contributed by atoms with Gasteiger partial charge < -0.3 is 35.2 Å². The van der Waals surface area contributed by atoms with E-state index in [4.69, 9.17) is 14.6 Å². The van der Waals surface area contributed by atoms with E-state index < -0.39 is 36.7 Å². The van der Waals surface area contributed by atoms with Crippen LogP contribution in [0.3, 0.4) is 0 Å². The third kappa shape index (κ3) is 4.40. The number of hydrogen-bond acceptors (Lipinski definition) is 7. The molecule has 5 atom stereocenters. The minimum Gasteiger partial charge on any atom is -0.479 e. The lowest BCUT2D eigenvalue weighted by atomic mass is 9.99. The van der Waals surface area contributed by atoms with Crippen LogP contribution in [0.2, 0.25) is 0 Å². The van der Waals surface area contributed by atoms with E-state index in [1.54, 1.807) is 6.07 Å². The molecule has 0 amide bonds. The fraction of sp³-hybridized carbons (Fsp3) is 0.588. The zero-order chi connectivity index (χ0) is 18.6. The summed E-state index contributed by atoms with van der Waals surface area (Å²) in [5.41, 5.74) is 1.76. The fourth-order valence-electron chi connectivity index (χ4n) is 2.57. The number of ether oxygens (including phenoxy) is 2. The van der Waals surface area contributed by atoms with E-state index in [0.29, 0.717) is 18.0 Å². The van der Waals surface area contributed by atoms with Crippen molar-refractivity contribution in [2.75, 3.05) is 11.9 Å². The van der Waals surface area contributed by atoms with Crippen LogP contribution < -0.4 is 10.1 Å². The van der Waals surface area contributed by atoms with Gasteiger partial charge in [0.25, 0.3) is 0 Å². The molecule has 1 saturated heterocycles. The number of nitrogens with one attached hydrogen (secondary N) is 1. The lowest BCUT2D eigenvalue weighted by Crippen LogP contribution is -2.61. The molecule has 0 aromatic heterocycles. The maximum absolute atomic E-state index is 11.2. The number of aliphatic hydroxyl groups excluding tert-OH is 3. The average Bonchev–Trinajstić information content (AvgIpc) is 2.60. The van der Waals surface area contributed by atoms with Gasteiger partial charge in [-0.3, -0.25) is 0 Å². The van der Waals surface area contributed by atoms with Crippen LogP contribution >= 0.6 is 0 Å². The number of aliphatic hydroxyl groups is 3. The summed E-state index contributed by atoms with van der Waals surface area (Å²) in [6.07, 6.45) is -6.41. The summed E-state index contributed by atoms with van der Waals surface area (Å²) in [5, 5.41) is 41.9. The number of benzene rings is 1. The molecule has 0 spiro atoms. The Morgan fingerprint density at radius 3 is 2.52 bits per heavy atom. The topological polar surface area (TPSA) is 128 Å². The smallest absolute Gasteiger partial charge is 0.335 e. The molecule has 1 fully saturated rings. The first-order valence-corrected chi connectivity index (χ1v) is 8.34. The molecule has 0 radical (unpaired) electrons. The molecule has 5 N–H and O–H groups in total. The van der Waals surface area contributed by atoms with Crippen LogP contribution in [0.25, 0.3) is 0 Å². The summed E-state index contributed by atoms with van der Waals surface area (Å²) < 4.78 is 10.8. The summed E-state index contributed by atoms with van der Waals surface area (Å²) in [6.45, 7) is 4.74. The van der Waals surface area contributed by atoms with E-state index in [1.807, 2.05) is 26.0 Å². The Morgan fingerprint density at radius 2 is 1.92 bits per heavy atom. The van der Waals surface area contributed by atoms with Gasteiger partial charge in [-0.05, 0) is 30.5 Å². The van der Waals surface area contributed by atoms with Gasteiger partial charge in [0, 0.05) is 6.54 Å². The molecule has 0 bridgehead atoms. The summed E-state index contributed by atoms with van der Waals surface area (Å²) >= 11 is 0. The van der Waals surface area contributed by atoms with E-state index in [2.05, 4.69) is 5.32 Å². The highest BCUT2D eigenvalue weighted by Gasteiger charge is 2.48. The number of carboxylic acids is 1. The van der Waals surface area contributed by atoms with Gasteiger partial charge in [0.1, 0.15) is 24.1 Å². The Bertz CT molecular complexity index is 594. The van der Waals surface area contributed by atoms with Crippen LogP contribution in [0.4, 0.5) is 5.69 Å². The maximum atomic E-state index is 11.2. The first kappa shape index (κ1) is 19.5. The number of anilines is 1. The Morgan fingerprint density at radius 1 is 1.20 bits per heavy atom. The zero-order valence-electron chi connectivity index (χ0n) is 14.3. The SMILES string of the molecule is CCCNc1cc(CC)ccc1O[C@@H]1O[C@H](C(=O)O)[C@@H](O)[C@H](O)[C@H]1O. The van der Waals surface area contributed by atoms with E-state index in [0.717, 1.165) is 18.4 Å². The molecule has 25 heavy (non-hydrogen) atoms. The molecule has 0 aliphatic carbocycles. The van der Waals surface area contributed by atoms with Gasteiger partial charge in [-0.1, -0.05) is 19.9 Å². The molecule has 1 aliphatic rings. The number of hydrogen-bond donors (Lipinski definition) is 5. The monoisotopic (exact) mass is 355 g/mol. The molecule has 1 aliphatic heterocycles. The third-order valence-corrected chi connectivity index (χ3v) is 4.07.